The first-order valence-corrected chi connectivity index (χ1v) is 5.90. The van der Waals surface area contributed by atoms with Gasteiger partial charge in [0.15, 0.2) is 0 Å². The topological polar surface area (TPSA) is 59.4 Å². The molecule has 4 nitrogen and oxygen atoms in total. The van der Waals surface area contributed by atoms with Crippen LogP contribution in [-0.2, 0) is 0 Å². The van der Waals surface area contributed by atoms with Crippen molar-refractivity contribution in [3.8, 4) is 10.9 Å². The van der Waals surface area contributed by atoms with Gasteiger partial charge in [-0.25, -0.2) is 4.79 Å². The molecule has 0 saturated carbocycles. The van der Waals surface area contributed by atoms with Gasteiger partial charge in [0.1, 0.15) is 15.2 Å². The summed E-state index contributed by atoms with van der Waals surface area (Å²) >= 11 is 4.05. The normalized spacial score (nSPS) is 10.1. The molecule has 1 heterocycles. The SMILES string of the molecule is O=C(O)c1sc(Oc2ccccc2)nc1Br. The number of hydrogen-bond acceptors (Lipinski definition) is 4. The average molecular weight is 300 g/mol. The number of aromatic carboxylic acids is 1. The molecule has 1 aromatic heterocycles. The standard InChI is InChI=1S/C10H6BrNO3S/c11-8-7(9(13)14)16-10(12-8)15-6-4-2-1-3-5-6/h1-5H,(H,13,14). The number of carboxylic acid groups (broad SMARTS) is 1. The lowest BCUT2D eigenvalue weighted by molar-refractivity contribution is 0.0701. The Kier molecular flexibility index (Phi) is 3.21. The van der Waals surface area contributed by atoms with E-state index in [1.165, 1.54) is 0 Å². The molecule has 0 aliphatic rings. The molecule has 0 aliphatic heterocycles. The summed E-state index contributed by atoms with van der Waals surface area (Å²) in [4.78, 5) is 14.9. The molecule has 0 fully saturated rings. The third-order valence-corrected chi connectivity index (χ3v) is 3.47. The number of nitrogens with zero attached hydrogens (tertiary/aromatic N) is 1. The monoisotopic (exact) mass is 299 g/mol. The number of ether oxygens (including phenoxy) is 1. The van der Waals surface area contributed by atoms with Crippen LogP contribution in [0.25, 0.3) is 0 Å². The summed E-state index contributed by atoms with van der Waals surface area (Å²) in [7, 11) is 0. The molecule has 0 amide bonds. The fraction of sp³-hybridized carbons (Fsp3) is 0. The smallest absolute Gasteiger partial charge is 0.348 e. The summed E-state index contributed by atoms with van der Waals surface area (Å²) in [6.45, 7) is 0. The van der Waals surface area contributed by atoms with Gasteiger partial charge in [-0.1, -0.05) is 29.5 Å². The molecule has 0 bridgehead atoms. The maximum atomic E-state index is 10.8. The third kappa shape index (κ3) is 2.40. The predicted molar refractivity (Wildman–Crippen MR) is 63.3 cm³/mol. The molecule has 0 atom stereocenters. The highest BCUT2D eigenvalue weighted by Crippen LogP contribution is 2.31. The zero-order valence-corrected chi connectivity index (χ0v) is 10.3. The Hall–Kier alpha value is -1.40. The number of benzene rings is 1. The number of hydrogen-bond donors (Lipinski definition) is 1. The number of rotatable bonds is 3. The van der Waals surface area contributed by atoms with Gasteiger partial charge in [0.2, 0.25) is 0 Å². The van der Waals surface area contributed by atoms with E-state index >= 15 is 0 Å². The molecule has 0 saturated heterocycles. The zero-order valence-electron chi connectivity index (χ0n) is 7.88. The Balaban J connectivity index is 2.23. The summed E-state index contributed by atoms with van der Waals surface area (Å²) in [5.41, 5.74) is 0. The first-order valence-electron chi connectivity index (χ1n) is 4.29. The van der Waals surface area contributed by atoms with Gasteiger partial charge in [0.25, 0.3) is 5.19 Å². The average Bonchev–Trinajstić information content (AvgIpc) is 2.61. The Labute approximate surface area is 104 Å². The van der Waals surface area contributed by atoms with Gasteiger partial charge in [-0.05, 0) is 28.1 Å². The van der Waals surface area contributed by atoms with Crippen LogP contribution in [0.2, 0.25) is 0 Å². The number of aromatic nitrogens is 1. The Bertz CT molecular complexity index is 512. The number of thiazole rings is 1. The van der Waals surface area contributed by atoms with E-state index in [-0.39, 0.29) is 9.48 Å². The second kappa shape index (κ2) is 4.63. The van der Waals surface area contributed by atoms with Crippen LogP contribution in [0.1, 0.15) is 9.67 Å². The fourth-order valence-electron chi connectivity index (χ4n) is 1.05. The van der Waals surface area contributed by atoms with Crippen molar-refractivity contribution >= 4 is 33.2 Å². The summed E-state index contributed by atoms with van der Waals surface area (Å²) in [6.07, 6.45) is 0. The molecule has 2 aromatic rings. The molecule has 2 rings (SSSR count). The molecular weight excluding hydrogens is 294 g/mol. The Morgan fingerprint density at radius 2 is 2.06 bits per heavy atom. The first kappa shape index (κ1) is 11.1. The molecule has 0 aliphatic carbocycles. The van der Waals surface area contributed by atoms with Gasteiger partial charge in [0.05, 0.1) is 0 Å². The summed E-state index contributed by atoms with van der Waals surface area (Å²) in [6, 6.07) is 9.07. The van der Waals surface area contributed by atoms with E-state index in [0.29, 0.717) is 10.9 Å². The highest BCUT2D eigenvalue weighted by atomic mass is 79.9. The number of halogens is 1. The Morgan fingerprint density at radius 3 is 2.62 bits per heavy atom. The van der Waals surface area contributed by atoms with Crippen molar-refractivity contribution in [2.24, 2.45) is 0 Å². The molecule has 0 spiro atoms. The molecule has 6 heteroatoms. The minimum atomic E-state index is -1.02. The van der Waals surface area contributed by atoms with Crippen molar-refractivity contribution in [3.05, 3.63) is 39.8 Å². The third-order valence-electron chi connectivity index (χ3n) is 1.71. The lowest BCUT2D eigenvalue weighted by atomic mass is 10.3. The van der Waals surface area contributed by atoms with Crippen LogP contribution < -0.4 is 4.74 Å². The minimum Gasteiger partial charge on any atom is -0.477 e. The number of para-hydroxylation sites is 1. The molecule has 16 heavy (non-hydrogen) atoms. The molecule has 1 N–H and O–H groups in total. The second-order valence-corrected chi connectivity index (χ2v) is 4.53. The van der Waals surface area contributed by atoms with Crippen LogP contribution in [0.3, 0.4) is 0 Å². The van der Waals surface area contributed by atoms with E-state index in [2.05, 4.69) is 20.9 Å². The molecule has 82 valence electrons. The zero-order chi connectivity index (χ0) is 11.5. The molecule has 0 unspecified atom stereocenters. The van der Waals surface area contributed by atoms with Gasteiger partial charge >= 0.3 is 5.97 Å². The van der Waals surface area contributed by atoms with Crippen molar-refractivity contribution in [3.63, 3.8) is 0 Å². The van der Waals surface area contributed by atoms with Crippen molar-refractivity contribution in [2.75, 3.05) is 0 Å². The molecular formula is C10H6BrNO3S. The maximum absolute atomic E-state index is 10.8. The molecule has 0 radical (unpaired) electrons. The lowest BCUT2D eigenvalue weighted by Crippen LogP contribution is -1.91. The van der Waals surface area contributed by atoms with E-state index in [4.69, 9.17) is 9.84 Å². The van der Waals surface area contributed by atoms with Crippen LogP contribution in [0.15, 0.2) is 34.9 Å². The van der Waals surface area contributed by atoms with Gasteiger partial charge in [-0.15, -0.1) is 0 Å². The maximum Gasteiger partial charge on any atom is 0.348 e. The van der Waals surface area contributed by atoms with Gasteiger partial charge in [-0.3, -0.25) is 0 Å². The van der Waals surface area contributed by atoms with Gasteiger partial charge in [-0.2, -0.15) is 4.98 Å². The Morgan fingerprint density at radius 1 is 1.38 bits per heavy atom. The fourth-order valence-corrected chi connectivity index (χ4v) is 2.41. The van der Waals surface area contributed by atoms with Gasteiger partial charge in [0, 0.05) is 0 Å². The molecule has 1 aromatic carbocycles. The van der Waals surface area contributed by atoms with Crippen LogP contribution in [0.4, 0.5) is 0 Å². The largest absolute Gasteiger partial charge is 0.477 e. The second-order valence-electron chi connectivity index (χ2n) is 2.82. The quantitative estimate of drug-likeness (QED) is 0.944. The van der Waals surface area contributed by atoms with Crippen molar-refractivity contribution < 1.29 is 14.6 Å². The first-order chi connectivity index (χ1) is 7.66. The van der Waals surface area contributed by atoms with Crippen LogP contribution >= 0.6 is 27.3 Å². The minimum absolute atomic E-state index is 0.130. The summed E-state index contributed by atoms with van der Waals surface area (Å²) in [5, 5.41) is 9.13. The van der Waals surface area contributed by atoms with Crippen LogP contribution in [0, 0.1) is 0 Å². The van der Waals surface area contributed by atoms with Crippen molar-refractivity contribution in [1.29, 1.82) is 0 Å². The van der Waals surface area contributed by atoms with Crippen molar-refractivity contribution in [1.82, 2.24) is 4.98 Å². The summed E-state index contributed by atoms with van der Waals surface area (Å²) < 4.78 is 5.69. The van der Waals surface area contributed by atoms with E-state index < -0.39 is 5.97 Å². The van der Waals surface area contributed by atoms with Crippen LogP contribution in [0.5, 0.6) is 10.9 Å². The van der Waals surface area contributed by atoms with E-state index in [9.17, 15) is 4.79 Å². The highest BCUT2D eigenvalue weighted by molar-refractivity contribution is 9.10. The number of carboxylic acids is 1. The van der Waals surface area contributed by atoms with E-state index in [1.807, 2.05) is 18.2 Å². The van der Waals surface area contributed by atoms with Gasteiger partial charge < -0.3 is 9.84 Å². The van der Waals surface area contributed by atoms with E-state index in [0.717, 1.165) is 11.3 Å². The predicted octanol–water partition coefficient (Wildman–Crippen LogP) is 3.40. The number of carbonyl (C=O) groups is 1. The highest BCUT2D eigenvalue weighted by Gasteiger charge is 2.16. The van der Waals surface area contributed by atoms with E-state index in [1.54, 1.807) is 12.1 Å². The summed E-state index contributed by atoms with van der Waals surface area (Å²) in [5.74, 6) is -0.395. The lowest BCUT2D eigenvalue weighted by Gasteiger charge is -1.98. The van der Waals surface area contributed by atoms with Crippen molar-refractivity contribution in [2.45, 2.75) is 0 Å². The van der Waals surface area contributed by atoms with Crippen LogP contribution in [-0.4, -0.2) is 16.1 Å².